The lowest BCUT2D eigenvalue weighted by atomic mass is 9.98. The SMILES string of the molecule is O=C1c2oc3ccc(F)cc3c(=O)c2[C@H](c2ccccc2)N1C[C@H]1CCCO1. The van der Waals surface area contributed by atoms with Gasteiger partial charge in [0.25, 0.3) is 5.91 Å². The Morgan fingerprint density at radius 3 is 2.68 bits per heavy atom. The van der Waals surface area contributed by atoms with Crippen molar-refractivity contribution in [3.8, 4) is 0 Å². The van der Waals surface area contributed by atoms with Gasteiger partial charge in [-0.2, -0.15) is 0 Å². The van der Waals surface area contributed by atoms with Gasteiger partial charge in [-0.05, 0) is 36.6 Å². The number of rotatable bonds is 3. The van der Waals surface area contributed by atoms with E-state index in [9.17, 15) is 14.0 Å². The van der Waals surface area contributed by atoms with Crippen molar-refractivity contribution in [2.75, 3.05) is 13.2 Å². The normalized spacial score (nSPS) is 21.5. The summed E-state index contributed by atoms with van der Waals surface area (Å²) in [5.41, 5.74) is 0.931. The van der Waals surface area contributed by atoms with Gasteiger partial charge in [0.05, 0.1) is 23.1 Å². The van der Waals surface area contributed by atoms with Crippen LogP contribution in [0.2, 0.25) is 0 Å². The molecule has 0 spiro atoms. The largest absolute Gasteiger partial charge is 0.450 e. The van der Waals surface area contributed by atoms with E-state index < -0.39 is 11.9 Å². The van der Waals surface area contributed by atoms with Crippen LogP contribution in [0.25, 0.3) is 11.0 Å². The maximum absolute atomic E-state index is 13.7. The molecule has 0 N–H and O–H groups in total. The number of carbonyl (C=O) groups excluding carboxylic acids is 1. The van der Waals surface area contributed by atoms with Crippen molar-refractivity contribution in [1.29, 1.82) is 0 Å². The minimum Gasteiger partial charge on any atom is -0.450 e. The van der Waals surface area contributed by atoms with E-state index in [1.165, 1.54) is 12.1 Å². The first-order chi connectivity index (χ1) is 13.6. The summed E-state index contributed by atoms with van der Waals surface area (Å²) in [5, 5.41) is 0.145. The quantitative estimate of drug-likeness (QED) is 0.697. The molecular formula is C22H18FNO4. The number of nitrogens with zero attached hydrogens (tertiary/aromatic N) is 1. The molecule has 5 rings (SSSR count). The molecule has 3 aromatic rings. The van der Waals surface area contributed by atoms with Crippen molar-refractivity contribution in [3.05, 3.63) is 81.5 Å². The van der Waals surface area contributed by atoms with Crippen LogP contribution in [0.5, 0.6) is 0 Å². The minimum absolute atomic E-state index is 0.0379. The van der Waals surface area contributed by atoms with E-state index in [-0.39, 0.29) is 39.7 Å². The summed E-state index contributed by atoms with van der Waals surface area (Å²) in [6.07, 6.45) is 1.76. The molecule has 0 bridgehead atoms. The lowest BCUT2D eigenvalue weighted by Gasteiger charge is -2.27. The molecule has 1 amide bonds. The van der Waals surface area contributed by atoms with Gasteiger partial charge in [-0.3, -0.25) is 9.59 Å². The van der Waals surface area contributed by atoms with Crippen LogP contribution in [0.15, 0.2) is 57.7 Å². The maximum atomic E-state index is 13.7. The third-order valence-electron chi connectivity index (χ3n) is 5.47. The lowest BCUT2D eigenvalue weighted by Crippen LogP contribution is -2.36. The molecule has 28 heavy (non-hydrogen) atoms. The first kappa shape index (κ1) is 17.1. The molecule has 2 aromatic carbocycles. The number of hydrogen-bond donors (Lipinski definition) is 0. The van der Waals surface area contributed by atoms with Crippen LogP contribution in [-0.2, 0) is 4.74 Å². The predicted octanol–water partition coefficient (Wildman–Crippen LogP) is 3.66. The Labute approximate surface area is 160 Å². The average Bonchev–Trinajstić information content (AvgIpc) is 3.31. The summed E-state index contributed by atoms with van der Waals surface area (Å²) in [5.74, 6) is -0.810. The Balaban J connectivity index is 1.71. The van der Waals surface area contributed by atoms with E-state index in [1.807, 2.05) is 30.3 Å². The van der Waals surface area contributed by atoms with Crippen molar-refractivity contribution in [2.24, 2.45) is 0 Å². The fraction of sp³-hybridized carbons (Fsp3) is 0.273. The van der Waals surface area contributed by atoms with Crippen molar-refractivity contribution in [1.82, 2.24) is 4.90 Å². The van der Waals surface area contributed by atoms with E-state index in [0.29, 0.717) is 13.2 Å². The number of halogens is 1. The summed E-state index contributed by atoms with van der Waals surface area (Å²) in [6, 6.07) is 12.6. The second kappa shape index (κ2) is 6.56. The number of benzene rings is 2. The zero-order valence-corrected chi connectivity index (χ0v) is 15.1. The average molecular weight is 379 g/mol. The number of amides is 1. The van der Waals surface area contributed by atoms with E-state index in [0.717, 1.165) is 24.5 Å². The van der Waals surface area contributed by atoms with Crippen LogP contribution in [0.3, 0.4) is 0 Å². The maximum Gasteiger partial charge on any atom is 0.291 e. The predicted molar refractivity (Wildman–Crippen MR) is 101 cm³/mol. The zero-order chi connectivity index (χ0) is 19.3. The van der Waals surface area contributed by atoms with E-state index in [2.05, 4.69) is 0 Å². The zero-order valence-electron chi connectivity index (χ0n) is 15.1. The summed E-state index contributed by atoms with van der Waals surface area (Å²) in [6.45, 7) is 1.06. The molecule has 0 unspecified atom stereocenters. The van der Waals surface area contributed by atoms with Gasteiger partial charge in [-0.15, -0.1) is 0 Å². The molecule has 2 aliphatic heterocycles. The van der Waals surface area contributed by atoms with Gasteiger partial charge in [0.1, 0.15) is 11.4 Å². The van der Waals surface area contributed by atoms with Crippen LogP contribution < -0.4 is 5.43 Å². The van der Waals surface area contributed by atoms with Crippen molar-refractivity contribution < 1.29 is 18.3 Å². The Morgan fingerprint density at radius 1 is 1.11 bits per heavy atom. The summed E-state index contributed by atoms with van der Waals surface area (Å²) in [4.78, 5) is 28.1. The molecule has 1 saturated heterocycles. The molecule has 1 aromatic heterocycles. The lowest BCUT2D eigenvalue weighted by molar-refractivity contribution is 0.0486. The molecule has 0 saturated carbocycles. The Hall–Kier alpha value is -2.99. The molecule has 0 aliphatic carbocycles. The molecule has 6 heteroatoms. The summed E-state index contributed by atoms with van der Waals surface area (Å²) in [7, 11) is 0. The van der Waals surface area contributed by atoms with Crippen LogP contribution in [0.1, 0.15) is 40.6 Å². The fourth-order valence-electron chi connectivity index (χ4n) is 4.17. The van der Waals surface area contributed by atoms with Crippen molar-refractivity contribution in [2.45, 2.75) is 25.0 Å². The summed E-state index contributed by atoms with van der Waals surface area (Å²) >= 11 is 0. The first-order valence-electron chi connectivity index (χ1n) is 9.37. The van der Waals surface area contributed by atoms with Gasteiger partial charge < -0.3 is 14.1 Å². The monoisotopic (exact) mass is 379 g/mol. The highest BCUT2D eigenvalue weighted by atomic mass is 19.1. The molecule has 2 aliphatic rings. The van der Waals surface area contributed by atoms with Crippen molar-refractivity contribution in [3.63, 3.8) is 0 Å². The summed E-state index contributed by atoms with van der Waals surface area (Å²) < 4.78 is 25.3. The molecule has 142 valence electrons. The minimum atomic E-state index is -0.572. The van der Waals surface area contributed by atoms with Gasteiger partial charge in [0.15, 0.2) is 5.43 Å². The highest BCUT2D eigenvalue weighted by Crippen LogP contribution is 2.38. The van der Waals surface area contributed by atoms with Crippen LogP contribution in [-0.4, -0.2) is 30.1 Å². The Morgan fingerprint density at radius 2 is 1.93 bits per heavy atom. The van der Waals surface area contributed by atoms with E-state index >= 15 is 0 Å². The van der Waals surface area contributed by atoms with Crippen molar-refractivity contribution >= 4 is 16.9 Å². The number of hydrogen-bond acceptors (Lipinski definition) is 4. The third-order valence-corrected chi connectivity index (χ3v) is 5.47. The fourth-order valence-corrected chi connectivity index (χ4v) is 4.17. The highest BCUT2D eigenvalue weighted by molar-refractivity contribution is 5.99. The second-order valence-electron chi connectivity index (χ2n) is 7.22. The number of ether oxygens (including phenoxy) is 1. The molecular weight excluding hydrogens is 361 g/mol. The van der Waals surface area contributed by atoms with Crippen LogP contribution >= 0.6 is 0 Å². The standard InChI is InChI=1S/C22H18FNO4/c23-14-8-9-17-16(11-14)20(25)18-19(13-5-2-1-3-6-13)24(22(26)21(18)28-17)12-15-7-4-10-27-15/h1-3,5-6,8-9,11,15,19H,4,7,10,12H2/t15-,19+/m1/s1. The smallest absolute Gasteiger partial charge is 0.291 e. The molecule has 2 atom stereocenters. The topological polar surface area (TPSA) is 59.8 Å². The number of carbonyl (C=O) groups is 1. The van der Waals surface area contributed by atoms with Crippen LogP contribution in [0, 0.1) is 5.82 Å². The van der Waals surface area contributed by atoms with E-state index in [4.69, 9.17) is 9.15 Å². The molecule has 3 heterocycles. The Bertz CT molecular complexity index is 1120. The van der Waals surface area contributed by atoms with Gasteiger partial charge in [0.2, 0.25) is 5.76 Å². The highest BCUT2D eigenvalue weighted by Gasteiger charge is 2.43. The molecule has 1 fully saturated rings. The Kier molecular flexibility index (Phi) is 4.02. The van der Waals surface area contributed by atoms with Crippen LogP contribution in [0.4, 0.5) is 4.39 Å². The first-order valence-corrected chi connectivity index (χ1v) is 9.37. The van der Waals surface area contributed by atoms with E-state index in [1.54, 1.807) is 4.90 Å². The molecule has 0 radical (unpaired) electrons. The van der Waals surface area contributed by atoms with Gasteiger partial charge in [-0.25, -0.2) is 4.39 Å². The van der Waals surface area contributed by atoms with Gasteiger partial charge in [0, 0.05) is 13.2 Å². The second-order valence-corrected chi connectivity index (χ2v) is 7.22. The van der Waals surface area contributed by atoms with Gasteiger partial charge in [-0.1, -0.05) is 30.3 Å². The third kappa shape index (κ3) is 2.64. The van der Waals surface area contributed by atoms with Gasteiger partial charge >= 0.3 is 0 Å². The molecule has 5 nitrogen and oxygen atoms in total. The number of fused-ring (bicyclic) bond motifs is 2.